The molecule has 8 bridgehead atoms. The Balaban J connectivity index is 0.913. The first-order valence-corrected chi connectivity index (χ1v) is 27.5. The van der Waals surface area contributed by atoms with Gasteiger partial charge in [0, 0.05) is 33.8 Å². The van der Waals surface area contributed by atoms with Crippen LogP contribution in [0.15, 0.2) is 180 Å². The molecule has 1 aromatic heterocycles. The first kappa shape index (κ1) is 40.0. The van der Waals surface area contributed by atoms with Crippen LogP contribution in [0.5, 0.6) is 0 Å². The fourth-order valence-electron chi connectivity index (χ4n) is 18.5. The number of hydrogen-bond donors (Lipinski definition) is 0. The molecule has 1 heterocycles. The summed E-state index contributed by atoms with van der Waals surface area (Å²) in [4.78, 5) is 2.53. The quantitative estimate of drug-likeness (QED) is 0.165. The van der Waals surface area contributed by atoms with Crippen molar-refractivity contribution < 1.29 is 4.42 Å². The van der Waals surface area contributed by atoms with Gasteiger partial charge in [0.2, 0.25) is 0 Å². The molecule has 19 rings (SSSR count). The number of para-hydroxylation sites is 2. The molecule has 8 fully saturated rings. The Morgan fingerprint density at radius 2 is 0.831 bits per heavy atom. The molecule has 10 aliphatic rings. The summed E-state index contributed by atoms with van der Waals surface area (Å²) in [6.07, 6.45) is 14.5. The summed E-state index contributed by atoms with van der Waals surface area (Å²) in [6.45, 7) is 0. The van der Waals surface area contributed by atoms with Crippen molar-refractivity contribution >= 4 is 39.0 Å². The van der Waals surface area contributed by atoms with Gasteiger partial charge in [-0.1, -0.05) is 133 Å². The molecule has 9 aromatic rings. The van der Waals surface area contributed by atoms with Crippen molar-refractivity contribution in [1.29, 1.82) is 0 Å². The maximum atomic E-state index is 6.67. The van der Waals surface area contributed by atoms with Crippen LogP contribution in [0.2, 0.25) is 0 Å². The van der Waals surface area contributed by atoms with Gasteiger partial charge >= 0.3 is 0 Å². The second-order valence-electron chi connectivity index (χ2n) is 24.0. The highest BCUT2D eigenvalue weighted by Gasteiger charge is 2.55. The minimum Gasteiger partial charge on any atom is -0.456 e. The average Bonchev–Trinajstić information content (AvgIpc) is 4.03. The predicted molar refractivity (Wildman–Crippen MR) is 290 cm³/mol. The number of benzene rings is 8. The summed E-state index contributed by atoms with van der Waals surface area (Å²) in [5, 5.41) is 2.30. The highest BCUT2D eigenvalue weighted by atomic mass is 16.3. The number of furan rings is 1. The average molecular weight is 918 g/mol. The third-order valence-electron chi connectivity index (χ3n) is 20.5. The Kier molecular flexibility index (Phi) is 8.30. The Morgan fingerprint density at radius 3 is 1.48 bits per heavy atom. The van der Waals surface area contributed by atoms with Crippen molar-refractivity contribution in [1.82, 2.24) is 0 Å². The first-order chi connectivity index (χ1) is 35.1. The van der Waals surface area contributed by atoms with Gasteiger partial charge in [-0.15, -0.1) is 0 Å². The number of hydrogen-bond acceptors (Lipinski definition) is 2. The highest BCUT2D eigenvalue weighted by molar-refractivity contribution is 6.06. The molecule has 2 heteroatoms. The summed E-state index contributed by atoms with van der Waals surface area (Å²) in [7, 11) is 0. The molecule has 0 unspecified atom stereocenters. The van der Waals surface area contributed by atoms with E-state index >= 15 is 0 Å². The Hall–Kier alpha value is -6.64. The maximum Gasteiger partial charge on any atom is 0.137 e. The van der Waals surface area contributed by atoms with Crippen molar-refractivity contribution in [3.8, 4) is 33.4 Å². The monoisotopic (exact) mass is 917 g/mol. The smallest absolute Gasteiger partial charge is 0.137 e. The van der Waals surface area contributed by atoms with Crippen LogP contribution in [0.25, 0.3) is 55.3 Å². The van der Waals surface area contributed by atoms with E-state index in [1.165, 1.54) is 126 Å². The van der Waals surface area contributed by atoms with E-state index in [0.717, 1.165) is 80.7 Å². The van der Waals surface area contributed by atoms with Crippen molar-refractivity contribution in [2.24, 2.45) is 47.3 Å². The van der Waals surface area contributed by atoms with Crippen molar-refractivity contribution in [2.45, 2.75) is 81.5 Å². The Labute approximate surface area is 417 Å². The lowest BCUT2D eigenvalue weighted by atomic mass is 9.50. The SMILES string of the molecule is c1ccc(-c2ccccc2N(c2ccc3c(c2)C2(c4ccccc4-3)c3cc(C4C5CC6CC(C5)CC4C6)ccc3-c3ccc(C4C5CC6CC(C5)CC4C6)cc32)c2ccc3c(c2)oc2ccccc23)cc1. The van der Waals surface area contributed by atoms with Gasteiger partial charge in [0.05, 0.1) is 11.1 Å². The van der Waals surface area contributed by atoms with Crippen molar-refractivity contribution in [3.63, 3.8) is 0 Å². The van der Waals surface area contributed by atoms with E-state index in [1.807, 2.05) is 0 Å². The van der Waals surface area contributed by atoms with Crippen LogP contribution in [0, 0.1) is 47.3 Å². The number of fused-ring (bicyclic) bond motifs is 13. The van der Waals surface area contributed by atoms with Gasteiger partial charge in [-0.3, -0.25) is 0 Å². The van der Waals surface area contributed by atoms with E-state index in [4.69, 9.17) is 4.42 Å². The van der Waals surface area contributed by atoms with E-state index in [0.29, 0.717) is 11.8 Å². The molecule has 10 aliphatic carbocycles. The first-order valence-electron chi connectivity index (χ1n) is 27.5. The van der Waals surface area contributed by atoms with Crippen LogP contribution < -0.4 is 4.90 Å². The topological polar surface area (TPSA) is 16.4 Å². The minimum atomic E-state index is -0.455. The molecule has 0 radical (unpaired) electrons. The lowest BCUT2D eigenvalue weighted by Gasteiger charge is -2.54. The van der Waals surface area contributed by atoms with Gasteiger partial charge in [0.15, 0.2) is 0 Å². The van der Waals surface area contributed by atoms with Gasteiger partial charge < -0.3 is 9.32 Å². The van der Waals surface area contributed by atoms with Gasteiger partial charge in [-0.2, -0.15) is 0 Å². The summed E-state index contributed by atoms with van der Waals surface area (Å²) >= 11 is 0. The molecule has 71 heavy (non-hydrogen) atoms. The molecule has 0 atom stereocenters. The van der Waals surface area contributed by atoms with E-state index in [-0.39, 0.29) is 0 Å². The van der Waals surface area contributed by atoms with Crippen LogP contribution in [0.4, 0.5) is 17.1 Å². The molecule has 1 spiro atoms. The van der Waals surface area contributed by atoms with E-state index in [2.05, 4.69) is 181 Å². The molecular weight excluding hydrogens is 859 g/mol. The molecule has 0 aliphatic heterocycles. The predicted octanol–water partition coefficient (Wildman–Crippen LogP) is 18.1. The fraction of sp³-hybridized carbons (Fsp3) is 0.304. The lowest BCUT2D eigenvalue weighted by molar-refractivity contribution is -0.00283. The molecule has 0 N–H and O–H groups in total. The van der Waals surface area contributed by atoms with E-state index in [9.17, 15) is 0 Å². The van der Waals surface area contributed by atoms with Gasteiger partial charge in [-0.25, -0.2) is 0 Å². The van der Waals surface area contributed by atoms with Crippen molar-refractivity contribution in [2.75, 3.05) is 4.90 Å². The van der Waals surface area contributed by atoms with Crippen LogP contribution in [-0.4, -0.2) is 0 Å². The molecular formula is C69H59NO. The zero-order chi connectivity index (χ0) is 46.1. The zero-order valence-corrected chi connectivity index (χ0v) is 40.4. The van der Waals surface area contributed by atoms with Crippen LogP contribution in [0.3, 0.4) is 0 Å². The Morgan fingerprint density at radius 1 is 0.352 bits per heavy atom. The number of anilines is 3. The standard InChI is InChI=1S/C69H59NO/c1-2-10-44(11-3-1)53-12-5-8-16-64(53)70(52-21-25-59-58-14-6-9-17-65(58)71-66(59)39-52)51-20-24-57-54-13-4-7-15-60(54)69(63(57)38-51)61-36-45(67-47-28-40-26-41(30-47)31-48(67)29-40)18-22-55(61)56-23-19-46(37-62(56)69)68-49-32-42-27-43(34-49)35-50(68)33-42/h1-25,36-43,47-50,67-68H,26-35H2. The lowest BCUT2D eigenvalue weighted by Crippen LogP contribution is -2.43. The van der Waals surface area contributed by atoms with Gasteiger partial charge in [0.1, 0.15) is 11.2 Å². The molecule has 0 saturated heterocycles. The van der Waals surface area contributed by atoms with Gasteiger partial charge in [0.25, 0.3) is 0 Å². The second kappa shape index (κ2) is 14.7. The normalized spacial score (nSPS) is 29.7. The van der Waals surface area contributed by atoms with Crippen LogP contribution in [-0.2, 0) is 5.41 Å². The summed E-state index contributed by atoms with van der Waals surface area (Å²) in [5.41, 5.74) is 22.0. The summed E-state index contributed by atoms with van der Waals surface area (Å²) < 4.78 is 6.67. The molecule has 8 saturated carbocycles. The van der Waals surface area contributed by atoms with Crippen molar-refractivity contribution in [3.05, 3.63) is 209 Å². The molecule has 8 aromatic carbocycles. The highest BCUT2D eigenvalue weighted by Crippen LogP contribution is 2.67. The van der Waals surface area contributed by atoms with Crippen LogP contribution >= 0.6 is 0 Å². The number of rotatable bonds is 6. The minimum absolute atomic E-state index is 0.455. The Bertz CT molecular complexity index is 3520. The molecule has 2 nitrogen and oxygen atoms in total. The van der Waals surface area contributed by atoms with E-state index in [1.54, 1.807) is 11.1 Å². The largest absolute Gasteiger partial charge is 0.456 e. The zero-order valence-electron chi connectivity index (χ0n) is 40.4. The van der Waals surface area contributed by atoms with E-state index < -0.39 is 5.41 Å². The summed E-state index contributed by atoms with van der Waals surface area (Å²) in [5.74, 6) is 8.45. The second-order valence-corrected chi connectivity index (χ2v) is 24.0. The maximum absolute atomic E-state index is 6.67. The third kappa shape index (κ3) is 5.60. The fourth-order valence-corrected chi connectivity index (χ4v) is 18.5. The third-order valence-corrected chi connectivity index (χ3v) is 20.5. The van der Waals surface area contributed by atoms with Gasteiger partial charge in [-0.05, 0) is 221 Å². The number of nitrogens with zero attached hydrogens (tertiary/aromatic N) is 1. The van der Waals surface area contributed by atoms with Crippen LogP contribution in [0.1, 0.15) is 109 Å². The summed E-state index contributed by atoms with van der Waals surface area (Å²) in [6, 6.07) is 68.4. The molecule has 0 amide bonds. The molecule has 346 valence electrons.